The number of carbonyl (C=O) groups excluding carboxylic acids is 1. The number of piperazine rings is 1. The Morgan fingerprint density at radius 1 is 1.07 bits per heavy atom. The quantitative estimate of drug-likeness (QED) is 0.858. The summed E-state index contributed by atoms with van der Waals surface area (Å²) in [5, 5.41) is 5.24. The highest BCUT2D eigenvalue weighted by Crippen LogP contribution is 2.28. The average molecular weight is 389 g/mol. The van der Waals surface area contributed by atoms with E-state index >= 15 is 0 Å². The maximum absolute atomic E-state index is 12.8. The Bertz CT molecular complexity index is 951. The summed E-state index contributed by atoms with van der Waals surface area (Å²) in [7, 11) is -2.23. The average Bonchev–Trinajstić information content (AvgIpc) is 2.67. The van der Waals surface area contributed by atoms with Crippen LogP contribution < -0.4 is 14.8 Å². The van der Waals surface area contributed by atoms with Gasteiger partial charge in [-0.15, -0.1) is 0 Å². The van der Waals surface area contributed by atoms with Gasteiger partial charge in [-0.1, -0.05) is 18.2 Å². The molecule has 0 saturated carbocycles. The van der Waals surface area contributed by atoms with Gasteiger partial charge in [0, 0.05) is 31.7 Å². The molecule has 8 heteroatoms. The van der Waals surface area contributed by atoms with E-state index in [1.54, 1.807) is 31.1 Å². The number of sulfonamides is 1. The fraction of sp³-hybridized carbons (Fsp3) is 0.316. The minimum absolute atomic E-state index is 0.0130. The summed E-state index contributed by atoms with van der Waals surface area (Å²) < 4.78 is 28.8. The predicted molar refractivity (Wildman–Crippen MR) is 104 cm³/mol. The number of para-hydroxylation sites is 2. The number of hydrogen-bond acceptors (Lipinski definition) is 5. The first-order valence-corrected chi connectivity index (χ1v) is 10.2. The van der Waals surface area contributed by atoms with E-state index in [9.17, 15) is 13.2 Å². The van der Waals surface area contributed by atoms with Gasteiger partial charge in [-0.2, -0.15) is 0 Å². The number of anilines is 1. The Kier molecular flexibility index (Phi) is 5.38. The zero-order chi connectivity index (χ0) is 19.6. The van der Waals surface area contributed by atoms with Crippen LogP contribution in [0.15, 0.2) is 47.4 Å². The van der Waals surface area contributed by atoms with Gasteiger partial charge in [-0.25, -0.2) is 13.6 Å². The third-order valence-corrected chi connectivity index (χ3v) is 5.79. The van der Waals surface area contributed by atoms with Crippen molar-refractivity contribution in [3.05, 3.63) is 53.6 Å². The van der Waals surface area contributed by atoms with Crippen molar-refractivity contribution in [3.8, 4) is 5.75 Å². The zero-order valence-electron chi connectivity index (χ0n) is 15.4. The molecule has 7 nitrogen and oxygen atoms in total. The SMILES string of the molecule is COc1ccccc1N1CCN(C(=O)c2ccc(C)c(S(N)(=O)=O)c2)CC1. The van der Waals surface area contributed by atoms with Gasteiger partial charge in [0.2, 0.25) is 10.0 Å². The molecule has 3 rings (SSSR count). The van der Waals surface area contributed by atoms with Crippen molar-refractivity contribution >= 4 is 21.6 Å². The Morgan fingerprint density at radius 3 is 2.37 bits per heavy atom. The van der Waals surface area contributed by atoms with E-state index in [1.807, 2.05) is 24.3 Å². The highest BCUT2D eigenvalue weighted by Gasteiger charge is 2.25. The molecule has 2 N–H and O–H groups in total. The molecule has 0 unspecified atom stereocenters. The van der Waals surface area contributed by atoms with Crippen LogP contribution in [-0.2, 0) is 10.0 Å². The topological polar surface area (TPSA) is 92.9 Å². The third-order valence-electron chi connectivity index (χ3n) is 4.73. The molecule has 1 heterocycles. The minimum Gasteiger partial charge on any atom is -0.495 e. The maximum atomic E-state index is 12.8. The van der Waals surface area contributed by atoms with Crippen LogP contribution in [0.3, 0.4) is 0 Å². The molecular weight excluding hydrogens is 366 g/mol. The summed E-state index contributed by atoms with van der Waals surface area (Å²) >= 11 is 0. The number of rotatable bonds is 4. The Morgan fingerprint density at radius 2 is 1.74 bits per heavy atom. The van der Waals surface area contributed by atoms with Crippen LogP contribution >= 0.6 is 0 Å². The van der Waals surface area contributed by atoms with Crippen molar-refractivity contribution in [1.29, 1.82) is 0 Å². The molecule has 0 atom stereocenters. The largest absolute Gasteiger partial charge is 0.495 e. The highest BCUT2D eigenvalue weighted by molar-refractivity contribution is 7.89. The van der Waals surface area contributed by atoms with Crippen LogP contribution in [0.1, 0.15) is 15.9 Å². The van der Waals surface area contributed by atoms with E-state index in [1.165, 1.54) is 6.07 Å². The van der Waals surface area contributed by atoms with Crippen LogP contribution in [0, 0.1) is 6.92 Å². The summed E-state index contributed by atoms with van der Waals surface area (Å²) in [5.74, 6) is 0.605. The number of aryl methyl sites for hydroxylation is 1. The lowest BCUT2D eigenvalue weighted by atomic mass is 10.1. The first-order valence-electron chi connectivity index (χ1n) is 8.62. The Labute approximate surface area is 159 Å². The number of ether oxygens (including phenoxy) is 1. The molecule has 1 aliphatic heterocycles. The van der Waals surface area contributed by atoms with Gasteiger partial charge in [0.25, 0.3) is 5.91 Å². The fourth-order valence-corrected chi connectivity index (χ4v) is 4.07. The predicted octanol–water partition coefficient (Wildman–Crippen LogP) is 1.61. The number of nitrogens with zero attached hydrogens (tertiary/aromatic N) is 2. The summed E-state index contributed by atoms with van der Waals surface area (Å²) in [6.45, 7) is 4.06. The number of amides is 1. The van der Waals surface area contributed by atoms with Crippen molar-refractivity contribution in [3.63, 3.8) is 0 Å². The summed E-state index contributed by atoms with van der Waals surface area (Å²) in [5.41, 5.74) is 1.85. The van der Waals surface area contributed by atoms with E-state index < -0.39 is 10.0 Å². The summed E-state index contributed by atoms with van der Waals surface area (Å²) in [6.07, 6.45) is 0. The van der Waals surface area contributed by atoms with Gasteiger partial charge < -0.3 is 14.5 Å². The molecule has 0 radical (unpaired) electrons. The standard InChI is InChI=1S/C19H23N3O4S/c1-14-7-8-15(13-18(14)27(20,24)25)19(23)22-11-9-21(10-12-22)16-5-3-4-6-17(16)26-2/h3-8,13H,9-12H2,1-2H3,(H2,20,24,25). The normalized spacial score (nSPS) is 14.9. The van der Waals surface area contributed by atoms with E-state index in [-0.39, 0.29) is 10.8 Å². The lowest BCUT2D eigenvalue weighted by Gasteiger charge is -2.36. The first kappa shape index (κ1) is 19.2. The number of primary sulfonamides is 1. The van der Waals surface area contributed by atoms with Crippen LogP contribution in [0.25, 0.3) is 0 Å². The molecule has 0 aliphatic carbocycles. The second kappa shape index (κ2) is 7.58. The van der Waals surface area contributed by atoms with Gasteiger partial charge in [-0.05, 0) is 36.8 Å². The molecule has 1 saturated heterocycles. The second-order valence-electron chi connectivity index (χ2n) is 6.48. The van der Waals surface area contributed by atoms with Crippen molar-refractivity contribution in [2.75, 3.05) is 38.2 Å². The molecule has 0 aromatic heterocycles. The smallest absolute Gasteiger partial charge is 0.254 e. The Hall–Kier alpha value is -2.58. The summed E-state index contributed by atoms with van der Waals surface area (Å²) in [6, 6.07) is 12.4. The van der Waals surface area contributed by atoms with Crippen LogP contribution in [0.4, 0.5) is 5.69 Å². The number of benzene rings is 2. The molecule has 2 aromatic rings. The molecular formula is C19H23N3O4S. The van der Waals surface area contributed by atoms with Crippen molar-refractivity contribution in [1.82, 2.24) is 4.90 Å². The Balaban J connectivity index is 1.74. The lowest BCUT2D eigenvalue weighted by molar-refractivity contribution is 0.0746. The van der Waals surface area contributed by atoms with Crippen molar-refractivity contribution in [2.45, 2.75) is 11.8 Å². The maximum Gasteiger partial charge on any atom is 0.254 e. The minimum atomic E-state index is -3.87. The van der Waals surface area contributed by atoms with Gasteiger partial charge in [-0.3, -0.25) is 4.79 Å². The van der Waals surface area contributed by atoms with E-state index in [0.717, 1.165) is 11.4 Å². The molecule has 2 aromatic carbocycles. The van der Waals surface area contributed by atoms with Crippen LogP contribution in [-0.4, -0.2) is 52.5 Å². The third kappa shape index (κ3) is 4.06. The van der Waals surface area contributed by atoms with Crippen molar-refractivity contribution < 1.29 is 17.9 Å². The molecule has 0 bridgehead atoms. The van der Waals surface area contributed by atoms with E-state index in [4.69, 9.17) is 9.88 Å². The van der Waals surface area contributed by atoms with Crippen LogP contribution in [0.5, 0.6) is 5.75 Å². The number of methoxy groups -OCH3 is 1. The fourth-order valence-electron chi connectivity index (χ4n) is 3.26. The zero-order valence-corrected chi connectivity index (χ0v) is 16.2. The lowest BCUT2D eigenvalue weighted by Crippen LogP contribution is -2.48. The van der Waals surface area contributed by atoms with Gasteiger partial charge in [0.05, 0.1) is 17.7 Å². The molecule has 1 fully saturated rings. The molecule has 1 amide bonds. The first-order chi connectivity index (χ1) is 12.8. The highest BCUT2D eigenvalue weighted by atomic mass is 32.2. The second-order valence-corrected chi connectivity index (χ2v) is 8.01. The number of carbonyl (C=O) groups is 1. The van der Waals surface area contributed by atoms with E-state index in [2.05, 4.69) is 4.90 Å². The molecule has 1 aliphatic rings. The number of nitrogens with two attached hydrogens (primary N) is 1. The monoisotopic (exact) mass is 389 g/mol. The summed E-state index contributed by atoms with van der Waals surface area (Å²) in [4.78, 5) is 16.7. The van der Waals surface area contributed by atoms with Gasteiger partial charge >= 0.3 is 0 Å². The van der Waals surface area contributed by atoms with Gasteiger partial charge in [0.15, 0.2) is 0 Å². The van der Waals surface area contributed by atoms with Gasteiger partial charge in [0.1, 0.15) is 5.75 Å². The molecule has 27 heavy (non-hydrogen) atoms. The number of hydrogen-bond donors (Lipinski definition) is 1. The molecule has 0 spiro atoms. The van der Waals surface area contributed by atoms with Crippen LogP contribution in [0.2, 0.25) is 0 Å². The van der Waals surface area contributed by atoms with Crippen molar-refractivity contribution in [2.24, 2.45) is 5.14 Å². The molecule has 144 valence electrons. The van der Waals surface area contributed by atoms with E-state index in [0.29, 0.717) is 37.3 Å².